The average Bonchev–Trinajstić information content (AvgIpc) is 2.98. The molecule has 0 aromatic carbocycles. The summed E-state index contributed by atoms with van der Waals surface area (Å²) in [5.74, 6) is -0.426. The summed E-state index contributed by atoms with van der Waals surface area (Å²) in [6.45, 7) is 0. The van der Waals surface area contributed by atoms with Crippen LogP contribution < -0.4 is 0 Å². The fourth-order valence-electron chi connectivity index (χ4n) is 3.36. The zero-order valence-corrected chi connectivity index (χ0v) is 13.3. The highest BCUT2D eigenvalue weighted by atomic mass is 16.5. The molecule has 1 rings (SSSR count). The van der Waals surface area contributed by atoms with Gasteiger partial charge < -0.3 is 9.84 Å². The lowest BCUT2D eigenvalue weighted by molar-refractivity contribution is -0.144. The van der Waals surface area contributed by atoms with Gasteiger partial charge in [0.2, 0.25) is 0 Å². The predicted octanol–water partition coefficient (Wildman–Crippen LogP) is 4.17. The van der Waals surface area contributed by atoms with Crippen molar-refractivity contribution in [2.24, 2.45) is 11.8 Å². The van der Waals surface area contributed by atoms with Crippen LogP contribution in [0.15, 0.2) is 0 Å². The Kier molecular flexibility index (Phi) is 9.11. The van der Waals surface area contributed by atoms with Crippen LogP contribution in [-0.4, -0.2) is 24.2 Å². The van der Waals surface area contributed by atoms with Crippen LogP contribution in [0.4, 0.5) is 0 Å². The molecular weight excluding hydrogens is 268 g/mol. The molecule has 0 aliphatic heterocycles. The SMILES string of the molecule is COC(=O)CCCCCCCCC(C(=O)O)C1CCCC1. The van der Waals surface area contributed by atoms with Crippen molar-refractivity contribution in [3.8, 4) is 0 Å². The molecule has 122 valence electrons. The van der Waals surface area contributed by atoms with Crippen molar-refractivity contribution in [2.45, 2.75) is 77.0 Å². The van der Waals surface area contributed by atoms with E-state index in [0.717, 1.165) is 57.8 Å². The molecule has 1 aliphatic carbocycles. The van der Waals surface area contributed by atoms with Crippen molar-refractivity contribution < 1.29 is 19.4 Å². The van der Waals surface area contributed by atoms with E-state index in [1.807, 2.05) is 0 Å². The number of carbonyl (C=O) groups excluding carboxylic acids is 1. The van der Waals surface area contributed by atoms with Crippen LogP contribution in [0.3, 0.4) is 0 Å². The molecule has 1 fully saturated rings. The Morgan fingerprint density at radius 2 is 1.62 bits per heavy atom. The number of carboxylic acid groups (broad SMARTS) is 1. The lowest BCUT2D eigenvalue weighted by atomic mass is 9.86. The van der Waals surface area contributed by atoms with E-state index in [9.17, 15) is 14.7 Å². The van der Waals surface area contributed by atoms with Gasteiger partial charge in [-0.2, -0.15) is 0 Å². The van der Waals surface area contributed by atoms with Crippen LogP contribution in [0.1, 0.15) is 77.0 Å². The maximum absolute atomic E-state index is 11.3. The van der Waals surface area contributed by atoms with Gasteiger partial charge in [0.25, 0.3) is 0 Å². The van der Waals surface area contributed by atoms with Gasteiger partial charge in [-0.15, -0.1) is 0 Å². The number of unbranched alkanes of at least 4 members (excludes halogenated alkanes) is 5. The van der Waals surface area contributed by atoms with E-state index < -0.39 is 5.97 Å². The van der Waals surface area contributed by atoms with Gasteiger partial charge in [0, 0.05) is 6.42 Å². The van der Waals surface area contributed by atoms with E-state index in [1.54, 1.807) is 0 Å². The lowest BCUT2D eigenvalue weighted by Gasteiger charge is -2.18. The van der Waals surface area contributed by atoms with E-state index in [0.29, 0.717) is 12.3 Å². The largest absolute Gasteiger partial charge is 0.481 e. The molecule has 1 aliphatic rings. The first-order chi connectivity index (χ1) is 10.1. The standard InChI is InChI=1S/C17H30O4/c1-21-16(18)13-7-5-3-2-4-6-12-15(17(19)20)14-10-8-9-11-14/h14-15H,2-13H2,1H3,(H,19,20). The highest BCUT2D eigenvalue weighted by Crippen LogP contribution is 2.34. The van der Waals surface area contributed by atoms with Crippen molar-refractivity contribution in [1.29, 1.82) is 0 Å². The summed E-state index contributed by atoms with van der Waals surface area (Å²) in [6.07, 6.45) is 12.3. The first kappa shape index (κ1) is 18.0. The smallest absolute Gasteiger partial charge is 0.306 e. The van der Waals surface area contributed by atoms with Crippen LogP contribution in [0.5, 0.6) is 0 Å². The van der Waals surface area contributed by atoms with E-state index in [4.69, 9.17) is 0 Å². The molecular formula is C17H30O4. The summed E-state index contributed by atoms with van der Waals surface area (Å²) in [7, 11) is 1.42. The van der Waals surface area contributed by atoms with Gasteiger partial charge in [-0.05, 0) is 31.6 Å². The number of esters is 1. The van der Waals surface area contributed by atoms with Gasteiger partial charge in [-0.1, -0.05) is 44.9 Å². The molecule has 0 amide bonds. The second-order valence-electron chi connectivity index (χ2n) is 6.23. The van der Waals surface area contributed by atoms with Crippen molar-refractivity contribution >= 4 is 11.9 Å². The van der Waals surface area contributed by atoms with Crippen LogP contribution in [-0.2, 0) is 14.3 Å². The molecule has 4 heteroatoms. The van der Waals surface area contributed by atoms with Crippen molar-refractivity contribution in [2.75, 3.05) is 7.11 Å². The topological polar surface area (TPSA) is 63.6 Å². The average molecular weight is 298 g/mol. The minimum Gasteiger partial charge on any atom is -0.481 e. The number of hydrogen-bond donors (Lipinski definition) is 1. The Labute approximate surface area is 128 Å². The second kappa shape index (κ2) is 10.6. The first-order valence-corrected chi connectivity index (χ1v) is 8.44. The molecule has 0 aromatic heterocycles. The predicted molar refractivity (Wildman–Crippen MR) is 82.0 cm³/mol. The molecule has 1 N–H and O–H groups in total. The summed E-state index contributed by atoms with van der Waals surface area (Å²) in [4.78, 5) is 22.3. The number of ether oxygens (including phenoxy) is 1. The molecule has 21 heavy (non-hydrogen) atoms. The number of carbonyl (C=O) groups is 2. The normalized spacial score (nSPS) is 16.8. The summed E-state index contributed by atoms with van der Waals surface area (Å²) in [5, 5.41) is 9.34. The van der Waals surface area contributed by atoms with Gasteiger partial charge in [-0.3, -0.25) is 9.59 Å². The molecule has 0 aromatic rings. The minimum absolute atomic E-state index is 0.119. The molecule has 1 unspecified atom stereocenters. The van der Waals surface area contributed by atoms with Gasteiger partial charge >= 0.3 is 11.9 Å². The molecule has 0 bridgehead atoms. The number of methoxy groups -OCH3 is 1. The highest BCUT2D eigenvalue weighted by molar-refractivity contribution is 5.70. The number of carboxylic acids is 1. The lowest BCUT2D eigenvalue weighted by Crippen LogP contribution is -2.21. The van der Waals surface area contributed by atoms with E-state index in [1.165, 1.54) is 20.0 Å². The molecule has 0 heterocycles. The van der Waals surface area contributed by atoms with Crippen LogP contribution in [0.2, 0.25) is 0 Å². The third kappa shape index (κ3) is 7.49. The Bertz CT molecular complexity index is 308. The molecule has 0 radical (unpaired) electrons. The highest BCUT2D eigenvalue weighted by Gasteiger charge is 2.29. The van der Waals surface area contributed by atoms with Crippen molar-refractivity contribution in [1.82, 2.24) is 0 Å². The quantitative estimate of drug-likeness (QED) is 0.459. The number of hydrogen-bond acceptors (Lipinski definition) is 3. The van der Waals surface area contributed by atoms with E-state index in [-0.39, 0.29) is 11.9 Å². The minimum atomic E-state index is -0.597. The van der Waals surface area contributed by atoms with Gasteiger partial charge in [0.1, 0.15) is 0 Å². The first-order valence-electron chi connectivity index (χ1n) is 8.44. The van der Waals surface area contributed by atoms with Gasteiger partial charge in [0.05, 0.1) is 13.0 Å². The Morgan fingerprint density at radius 1 is 1.05 bits per heavy atom. The van der Waals surface area contributed by atoms with Crippen LogP contribution in [0, 0.1) is 11.8 Å². The van der Waals surface area contributed by atoms with E-state index in [2.05, 4.69) is 4.74 Å². The zero-order chi connectivity index (χ0) is 15.5. The molecule has 0 saturated heterocycles. The molecule has 4 nitrogen and oxygen atoms in total. The maximum atomic E-state index is 11.3. The zero-order valence-electron chi connectivity index (χ0n) is 13.3. The van der Waals surface area contributed by atoms with Gasteiger partial charge in [-0.25, -0.2) is 0 Å². The molecule has 0 spiro atoms. The fraction of sp³-hybridized carbons (Fsp3) is 0.882. The second-order valence-corrected chi connectivity index (χ2v) is 6.23. The van der Waals surface area contributed by atoms with Gasteiger partial charge in [0.15, 0.2) is 0 Å². The van der Waals surface area contributed by atoms with Crippen LogP contribution in [0.25, 0.3) is 0 Å². The Hall–Kier alpha value is -1.06. The number of aliphatic carboxylic acids is 1. The van der Waals surface area contributed by atoms with Crippen molar-refractivity contribution in [3.63, 3.8) is 0 Å². The Balaban J connectivity index is 2.01. The third-order valence-corrected chi connectivity index (χ3v) is 4.66. The molecule has 1 atom stereocenters. The molecule has 1 saturated carbocycles. The number of rotatable bonds is 11. The monoisotopic (exact) mass is 298 g/mol. The van der Waals surface area contributed by atoms with Crippen LogP contribution >= 0.6 is 0 Å². The van der Waals surface area contributed by atoms with Crippen molar-refractivity contribution in [3.05, 3.63) is 0 Å². The summed E-state index contributed by atoms with van der Waals surface area (Å²) < 4.78 is 4.60. The Morgan fingerprint density at radius 3 is 2.19 bits per heavy atom. The summed E-state index contributed by atoms with van der Waals surface area (Å²) in [5.41, 5.74) is 0. The summed E-state index contributed by atoms with van der Waals surface area (Å²) in [6, 6.07) is 0. The third-order valence-electron chi connectivity index (χ3n) is 4.66. The fourth-order valence-corrected chi connectivity index (χ4v) is 3.36. The van der Waals surface area contributed by atoms with E-state index >= 15 is 0 Å². The summed E-state index contributed by atoms with van der Waals surface area (Å²) >= 11 is 0. The maximum Gasteiger partial charge on any atom is 0.306 e.